The Hall–Kier alpha value is -9.97. The van der Waals surface area contributed by atoms with E-state index in [1.807, 2.05) is 72.8 Å². The maximum Gasteiger partial charge on any atom is 0.164 e. The molecule has 0 saturated heterocycles. The van der Waals surface area contributed by atoms with E-state index in [4.69, 9.17) is 19.4 Å². The number of rotatable bonds is 9. The topological polar surface area (TPSA) is 56.7 Å². The fourth-order valence-corrected chi connectivity index (χ4v) is 10.6. The van der Waals surface area contributed by atoms with Crippen LogP contribution in [-0.4, -0.2) is 19.5 Å². The lowest BCUT2D eigenvalue weighted by molar-refractivity contribution is 0.669. The second-order valence-corrected chi connectivity index (χ2v) is 18.8. The van der Waals surface area contributed by atoms with E-state index < -0.39 is 0 Å². The molecule has 0 amide bonds. The molecule has 0 spiro atoms. The zero-order valence-electron chi connectivity index (χ0n) is 40.1. The van der Waals surface area contributed by atoms with E-state index >= 15 is 0 Å². The Morgan fingerprint density at radius 2 is 0.649 bits per heavy atom. The molecule has 14 rings (SSSR count). The summed E-state index contributed by atoms with van der Waals surface area (Å²) in [6.07, 6.45) is 0. The molecule has 0 saturated carbocycles. The zero-order valence-corrected chi connectivity index (χ0v) is 40.1. The van der Waals surface area contributed by atoms with Crippen molar-refractivity contribution in [2.45, 2.75) is 0 Å². The highest BCUT2D eigenvalue weighted by molar-refractivity contribution is 6.14. The highest BCUT2D eigenvalue weighted by Crippen LogP contribution is 2.42. The summed E-state index contributed by atoms with van der Waals surface area (Å²) in [5.74, 6) is 1.82. The van der Waals surface area contributed by atoms with Crippen LogP contribution in [0.15, 0.2) is 271 Å². The van der Waals surface area contributed by atoms with Gasteiger partial charge >= 0.3 is 0 Å². The molecule has 346 valence electrons. The Kier molecular flexibility index (Phi) is 10.4. The lowest BCUT2D eigenvalue weighted by Gasteiger charge is -2.13. The first-order chi connectivity index (χ1) is 36.6. The van der Waals surface area contributed by atoms with Gasteiger partial charge in [-0.1, -0.05) is 188 Å². The molecule has 0 fully saturated rings. The summed E-state index contributed by atoms with van der Waals surface area (Å²) in [4.78, 5) is 15.2. The second kappa shape index (κ2) is 18.0. The largest absolute Gasteiger partial charge is 0.456 e. The number of fused-ring (bicyclic) bond motifs is 6. The van der Waals surface area contributed by atoms with Gasteiger partial charge in [-0.2, -0.15) is 0 Å². The third-order valence-electron chi connectivity index (χ3n) is 14.2. The minimum absolute atomic E-state index is 0.588. The Bertz CT molecular complexity index is 4280. The Labute approximate surface area is 428 Å². The van der Waals surface area contributed by atoms with Crippen LogP contribution in [0.4, 0.5) is 0 Å². The third kappa shape index (κ3) is 7.72. The second-order valence-electron chi connectivity index (χ2n) is 18.8. The summed E-state index contributed by atoms with van der Waals surface area (Å²) in [5.41, 5.74) is 19.3. The Balaban J connectivity index is 0.901. The van der Waals surface area contributed by atoms with Crippen LogP contribution < -0.4 is 0 Å². The molecule has 74 heavy (non-hydrogen) atoms. The number of furan rings is 1. The molecule has 5 nitrogen and oxygen atoms in total. The van der Waals surface area contributed by atoms with Crippen molar-refractivity contribution in [2.24, 2.45) is 0 Å². The molecule has 0 aliphatic rings. The van der Waals surface area contributed by atoms with Crippen LogP contribution in [0.25, 0.3) is 139 Å². The van der Waals surface area contributed by atoms with Crippen molar-refractivity contribution in [3.63, 3.8) is 0 Å². The fraction of sp³-hybridized carbons (Fsp3) is 0. The Morgan fingerprint density at radius 3 is 1.19 bits per heavy atom. The summed E-state index contributed by atoms with van der Waals surface area (Å²) in [7, 11) is 0. The van der Waals surface area contributed by atoms with Gasteiger partial charge in [0.1, 0.15) is 11.2 Å². The summed E-state index contributed by atoms with van der Waals surface area (Å²) in [6, 6.07) is 94.5. The van der Waals surface area contributed by atoms with Crippen LogP contribution in [0.2, 0.25) is 0 Å². The smallest absolute Gasteiger partial charge is 0.164 e. The van der Waals surface area contributed by atoms with Crippen molar-refractivity contribution >= 4 is 43.7 Å². The van der Waals surface area contributed by atoms with Crippen molar-refractivity contribution in [1.82, 2.24) is 19.5 Å². The molecule has 3 aromatic heterocycles. The normalized spacial score (nSPS) is 11.5. The van der Waals surface area contributed by atoms with E-state index in [0.29, 0.717) is 17.5 Å². The summed E-state index contributed by atoms with van der Waals surface area (Å²) >= 11 is 0. The number of nitrogens with zero attached hydrogens (tertiary/aromatic N) is 4. The van der Waals surface area contributed by atoms with Gasteiger partial charge in [-0.3, -0.25) is 0 Å². The maximum absolute atomic E-state index is 6.58. The van der Waals surface area contributed by atoms with Gasteiger partial charge in [-0.05, 0) is 134 Å². The average Bonchev–Trinajstić information content (AvgIpc) is 4.04. The number of aromatic nitrogens is 4. The van der Waals surface area contributed by atoms with Gasteiger partial charge in [0, 0.05) is 43.9 Å². The van der Waals surface area contributed by atoms with Crippen LogP contribution in [0.1, 0.15) is 0 Å². The standard InChI is InChI=1S/C69H44N4O/c1-6-18-45(19-7-1)54-39-55(46-20-8-2-9-21-46)41-56(40-54)50-27-16-26-49(38-50)51-32-35-62-59(42-51)60-43-52(33-36-63(60)73(62)57-28-14-5-15-29-57)53-34-37-64-61(44-53)66-58(30-17-31-65(66)74-64)69-71-67(47-22-10-3-11-23-47)70-68(72-69)48-24-12-4-13-25-48/h1-44H. The predicted molar refractivity (Wildman–Crippen MR) is 305 cm³/mol. The first-order valence-electron chi connectivity index (χ1n) is 25.0. The number of hydrogen-bond acceptors (Lipinski definition) is 4. The lowest BCUT2D eigenvalue weighted by Crippen LogP contribution is -2.00. The molecule has 14 aromatic rings. The van der Waals surface area contributed by atoms with Gasteiger partial charge in [-0.15, -0.1) is 0 Å². The summed E-state index contributed by atoms with van der Waals surface area (Å²) in [6.45, 7) is 0. The van der Waals surface area contributed by atoms with Gasteiger partial charge in [0.15, 0.2) is 17.5 Å². The van der Waals surface area contributed by atoms with E-state index in [2.05, 4.69) is 199 Å². The molecule has 0 N–H and O–H groups in total. The van der Waals surface area contributed by atoms with Crippen molar-refractivity contribution in [1.29, 1.82) is 0 Å². The molecule has 0 bridgehead atoms. The monoisotopic (exact) mass is 944 g/mol. The van der Waals surface area contributed by atoms with Crippen LogP contribution in [0.3, 0.4) is 0 Å². The minimum Gasteiger partial charge on any atom is -0.456 e. The first-order valence-corrected chi connectivity index (χ1v) is 25.0. The van der Waals surface area contributed by atoms with Crippen molar-refractivity contribution in [2.75, 3.05) is 0 Å². The average molecular weight is 945 g/mol. The molecular weight excluding hydrogens is 901 g/mol. The third-order valence-corrected chi connectivity index (χ3v) is 14.2. The van der Waals surface area contributed by atoms with Crippen molar-refractivity contribution in [3.05, 3.63) is 267 Å². The van der Waals surface area contributed by atoms with Crippen LogP contribution in [0, 0.1) is 0 Å². The van der Waals surface area contributed by atoms with E-state index in [0.717, 1.165) is 77.6 Å². The lowest BCUT2D eigenvalue weighted by atomic mass is 9.92. The van der Waals surface area contributed by atoms with Gasteiger partial charge < -0.3 is 8.98 Å². The van der Waals surface area contributed by atoms with Gasteiger partial charge in [-0.25, -0.2) is 15.0 Å². The van der Waals surface area contributed by atoms with Crippen LogP contribution >= 0.6 is 0 Å². The molecule has 0 aliphatic heterocycles. The quantitative estimate of drug-likeness (QED) is 0.145. The zero-order chi connectivity index (χ0) is 49.0. The molecular formula is C69H44N4O. The van der Waals surface area contributed by atoms with E-state index in [1.54, 1.807) is 0 Å². The van der Waals surface area contributed by atoms with E-state index in [9.17, 15) is 0 Å². The number of hydrogen-bond donors (Lipinski definition) is 0. The highest BCUT2D eigenvalue weighted by Gasteiger charge is 2.20. The SMILES string of the molecule is c1ccc(-c2cc(-c3ccccc3)cc(-c3cccc(-c4ccc5c(c4)c4cc(-c6ccc7oc8cccc(-c9nc(-c%10ccccc%10)nc(-c%10ccccc%10)n9)c8c7c6)ccc4n5-c4ccccc4)c3)c2)cc1. The predicted octanol–water partition coefficient (Wildman–Crippen LogP) is 18.2. The minimum atomic E-state index is 0.588. The summed E-state index contributed by atoms with van der Waals surface area (Å²) in [5, 5.41) is 4.31. The molecule has 0 atom stereocenters. The van der Waals surface area contributed by atoms with Gasteiger partial charge in [0.2, 0.25) is 0 Å². The van der Waals surface area contributed by atoms with E-state index in [1.165, 1.54) is 44.2 Å². The van der Waals surface area contributed by atoms with Gasteiger partial charge in [0.05, 0.1) is 11.0 Å². The molecule has 3 heterocycles. The molecule has 0 radical (unpaired) electrons. The maximum atomic E-state index is 6.58. The fourth-order valence-electron chi connectivity index (χ4n) is 10.6. The first kappa shape index (κ1) is 42.9. The number of benzene rings is 11. The van der Waals surface area contributed by atoms with E-state index in [-0.39, 0.29) is 0 Å². The number of para-hydroxylation sites is 1. The van der Waals surface area contributed by atoms with Crippen LogP contribution in [-0.2, 0) is 0 Å². The highest BCUT2D eigenvalue weighted by atomic mass is 16.3. The van der Waals surface area contributed by atoms with Crippen molar-refractivity contribution < 1.29 is 4.42 Å². The molecule has 0 aliphatic carbocycles. The molecule has 5 heteroatoms. The van der Waals surface area contributed by atoms with Crippen LogP contribution in [0.5, 0.6) is 0 Å². The van der Waals surface area contributed by atoms with Crippen molar-refractivity contribution in [3.8, 4) is 95.5 Å². The molecule has 0 unspecified atom stereocenters. The molecule has 11 aromatic carbocycles. The van der Waals surface area contributed by atoms with Gasteiger partial charge in [0.25, 0.3) is 0 Å². The summed E-state index contributed by atoms with van der Waals surface area (Å²) < 4.78 is 8.97. The Morgan fingerprint density at radius 1 is 0.257 bits per heavy atom.